The van der Waals surface area contributed by atoms with Crippen molar-refractivity contribution in [2.45, 2.75) is 13.0 Å². The second-order valence-corrected chi connectivity index (χ2v) is 4.83. The molecule has 2 aromatic rings. The molecule has 5 heteroatoms. The zero-order valence-electron chi connectivity index (χ0n) is 12.8. The van der Waals surface area contributed by atoms with E-state index in [1.807, 2.05) is 0 Å². The predicted octanol–water partition coefficient (Wildman–Crippen LogP) is 3.95. The summed E-state index contributed by atoms with van der Waals surface area (Å²) in [6.07, 6.45) is 3.57. The number of rotatable bonds is 7. The Bertz CT molecular complexity index is 713. The first-order chi connectivity index (χ1) is 11.2. The van der Waals surface area contributed by atoms with Gasteiger partial charge in [-0.2, -0.15) is 0 Å². The maximum Gasteiger partial charge on any atom is 0.165 e. The van der Waals surface area contributed by atoms with Gasteiger partial charge in [0.2, 0.25) is 0 Å². The Morgan fingerprint density at radius 1 is 1.26 bits per heavy atom. The van der Waals surface area contributed by atoms with Crippen molar-refractivity contribution < 1.29 is 19.1 Å². The number of nitrogens with zero attached hydrogens (tertiary/aromatic N) is 1. The van der Waals surface area contributed by atoms with Crippen LogP contribution in [0, 0.1) is 5.82 Å². The molecule has 0 aliphatic rings. The number of benzene rings is 2. The lowest BCUT2D eigenvalue weighted by atomic mass is 10.1. The molecule has 0 aromatic heterocycles. The number of hydrogen-bond acceptors (Lipinski definition) is 4. The van der Waals surface area contributed by atoms with Crippen molar-refractivity contribution in [3.05, 3.63) is 71.6 Å². The smallest absolute Gasteiger partial charge is 0.165 e. The normalized spacial score (nSPS) is 10.7. The Labute approximate surface area is 134 Å². The van der Waals surface area contributed by atoms with Gasteiger partial charge in [-0.05, 0) is 24.6 Å². The molecule has 4 nitrogen and oxygen atoms in total. The summed E-state index contributed by atoms with van der Waals surface area (Å²) in [6.45, 7) is 3.81. The van der Waals surface area contributed by atoms with E-state index in [1.165, 1.54) is 19.4 Å². The number of allylic oxidation sites excluding steroid dienone is 1. The molecule has 120 valence electrons. The standard InChI is InChI=1S/C18H18FNO3/c1-3-6-14-9-13(11-20-21)10-17(22-2)18(14)23-12-15-7-4-5-8-16(15)19/h3-5,7-11,21H,1,6,12H2,2H3/b20-11-. The molecule has 0 spiro atoms. The Hall–Kier alpha value is -2.82. The fourth-order valence-electron chi connectivity index (χ4n) is 2.21. The van der Waals surface area contributed by atoms with E-state index in [-0.39, 0.29) is 12.4 Å². The van der Waals surface area contributed by atoms with Crippen molar-refractivity contribution in [1.82, 2.24) is 0 Å². The second-order valence-electron chi connectivity index (χ2n) is 4.83. The quantitative estimate of drug-likeness (QED) is 0.364. The third kappa shape index (κ3) is 4.10. The molecule has 0 aliphatic carbocycles. The van der Waals surface area contributed by atoms with E-state index in [2.05, 4.69) is 11.7 Å². The molecule has 0 saturated heterocycles. The van der Waals surface area contributed by atoms with Crippen LogP contribution in [0.4, 0.5) is 4.39 Å². The van der Waals surface area contributed by atoms with Crippen LogP contribution in [0.3, 0.4) is 0 Å². The zero-order chi connectivity index (χ0) is 16.7. The molecule has 0 fully saturated rings. The van der Waals surface area contributed by atoms with Crippen molar-refractivity contribution in [1.29, 1.82) is 0 Å². The highest BCUT2D eigenvalue weighted by Gasteiger charge is 2.13. The molecule has 0 radical (unpaired) electrons. The van der Waals surface area contributed by atoms with Gasteiger partial charge in [-0.25, -0.2) is 4.39 Å². The fraction of sp³-hybridized carbons (Fsp3) is 0.167. The minimum absolute atomic E-state index is 0.0839. The highest BCUT2D eigenvalue weighted by Crippen LogP contribution is 2.34. The van der Waals surface area contributed by atoms with Gasteiger partial charge < -0.3 is 14.7 Å². The minimum atomic E-state index is -0.319. The summed E-state index contributed by atoms with van der Waals surface area (Å²) < 4.78 is 24.8. The number of methoxy groups -OCH3 is 1. The first kappa shape index (κ1) is 16.5. The average molecular weight is 315 g/mol. The molecule has 2 aromatic carbocycles. The van der Waals surface area contributed by atoms with Crippen LogP contribution >= 0.6 is 0 Å². The van der Waals surface area contributed by atoms with Gasteiger partial charge in [0, 0.05) is 16.7 Å². The molecular formula is C18H18FNO3. The highest BCUT2D eigenvalue weighted by atomic mass is 19.1. The minimum Gasteiger partial charge on any atom is -0.493 e. The number of ether oxygens (including phenoxy) is 2. The third-order valence-corrected chi connectivity index (χ3v) is 3.27. The second kappa shape index (κ2) is 7.98. The molecule has 2 rings (SSSR count). The van der Waals surface area contributed by atoms with Crippen LogP contribution in [0.5, 0.6) is 11.5 Å². The molecular weight excluding hydrogens is 297 g/mol. The van der Waals surface area contributed by atoms with Crippen LogP contribution in [-0.4, -0.2) is 18.5 Å². The van der Waals surface area contributed by atoms with Crippen molar-refractivity contribution >= 4 is 6.21 Å². The van der Waals surface area contributed by atoms with E-state index >= 15 is 0 Å². The molecule has 0 saturated carbocycles. The van der Waals surface area contributed by atoms with E-state index in [4.69, 9.17) is 14.7 Å². The lowest BCUT2D eigenvalue weighted by molar-refractivity contribution is 0.277. The molecule has 0 atom stereocenters. The van der Waals surface area contributed by atoms with Gasteiger partial charge in [0.15, 0.2) is 11.5 Å². The van der Waals surface area contributed by atoms with Gasteiger partial charge in [0.25, 0.3) is 0 Å². The number of halogens is 1. The van der Waals surface area contributed by atoms with Gasteiger partial charge in [-0.15, -0.1) is 6.58 Å². The largest absolute Gasteiger partial charge is 0.493 e. The van der Waals surface area contributed by atoms with Crippen LogP contribution < -0.4 is 9.47 Å². The molecule has 0 bridgehead atoms. The third-order valence-electron chi connectivity index (χ3n) is 3.27. The van der Waals surface area contributed by atoms with E-state index in [1.54, 1.807) is 36.4 Å². The number of hydrogen-bond donors (Lipinski definition) is 1. The van der Waals surface area contributed by atoms with Crippen molar-refractivity contribution in [3.63, 3.8) is 0 Å². The summed E-state index contributed by atoms with van der Waals surface area (Å²) in [5.41, 5.74) is 1.94. The van der Waals surface area contributed by atoms with Gasteiger partial charge in [-0.3, -0.25) is 0 Å². The highest BCUT2D eigenvalue weighted by molar-refractivity contribution is 5.81. The Morgan fingerprint density at radius 3 is 2.70 bits per heavy atom. The Morgan fingerprint density at radius 2 is 2.04 bits per heavy atom. The lowest BCUT2D eigenvalue weighted by Gasteiger charge is -2.16. The molecule has 0 unspecified atom stereocenters. The summed E-state index contributed by atoms with van der Waals surface area (Å²) >= 11 is 0. The van der Waals surface area contributed by atoms with Crippen molar-refractivity contribution in [2.24, 2.45) is 5.16 Å². The maximum absolute atomic E-state index is 13.7. The summed E-state index contributed by atoms with van der Waals surface area (Å²) in [7, 11) is 1.52. The van der Waals surface area contributed by atoms with Crippen LogP contribution in [0.25, 0.3) is 0 Å². The van der Waals surface area contributed by atoms with Crippen LogP contribution in [0.2, 0.25) is 0 Å². The van der Waals surface area contributed by atoms with Gasteiger partial charge >= 0.3 is 0 Å². The summed E-state index contributed by atoms with van der Waals surface area (Å²) in [4.78, 5) is 0. The summed E-state index contributed by atoms with van der Waals surface area (Å²) in [5.74, 6) is 0.683. The Kier molecular flexibility index (Phi) is 5.74. The van der Waals surface area contributed by atoms with E-state index in [0.29, 0.717) is 29.0 Å². The molecule has 1 N–H and O–H groups in total. The van der Waals surface area contributed by atoms with Gasteiger partial charge in [0.05, 0.1) is 13.3 Å². The van der Waals surface area contributed by atoms with Crippen LogP contribution in [0.15, 0.2) is 54.2 Å². The van der Waals surface area contributed by atoms with Crippen LogP contribution in [-0.2, 0) is 13.0 Å². The molecule has 0 aliphatic heterocycles. The topological polar surface area (TPSA) is 51.1 Å². The van der Waals surface area contributed by atoms with E-state index < -0.39 is 0 Å². The van der Waals surface area contributed by atoms with Crippen molar-refractivity contribution in [2.75, 3.05) is 7.11 Å². The zero-order valence-corrected chi connectivity index (χ0v) is 12.8. The fourth-order valence-corrected chi connectivity index (χ4v) is 2.21. The predicted molar refractivity (Wildman–Crippen MR) is 87.0 cm³/mol. The Balaban J connectivity index is 2.35. The SMILES string of the molecule is C=CCc1cc(/C=N\O)cc(OC)c1OCc1ccccc1F. The molecule has 23 heavy (non-hydrogen) atoms. The molecule has 0 heterocycles. The lowest BCUT2D eigenvalue weighted by Crippen LogP contribution is -2.03. The van der Waals surface area contributed by atoms with E-state index in [9.17, 15) is 4.39 Å². The first-order valence-electron chi connectivity index (χ1n) is 7.05. The average Bonchev–Trinajstić information content (AvgIpc) is 2.55. The monoisotopic (exact) mass is 315 g/mol. The first-order valence-corrected chi connectivity index (χ1v) is 7.05. The van der Waals surface area contributed by atoms with Gasteiger partial charge in [-0.1, -0.05) is 29.4 Å². The maximum atomic E-state index is 13.7. The van der Waals surface area contributed by atoms with E-state index in [0.717, 1.165) is 5.56 Å². The van der Waals surface area contributed by atoms with Gasteiger partial charge in [0.1, 0.15) is 12.4 Å². The van der Waals surface area contributed by atoms with Crippen molar-refractivity contribution in [3.8, 4) is 11.5 Å². The van der Waals surface area contributed by atoms with Crippen LogP contribution in [0.1, 0.15) is 16.7 Å². The number of oxime groups is 1. The summed E-state index contributed by atoms with van der Waals surface area (Å²) in [5, 5.41) is 11.7. The summed E-state index contributed by atoms with van der Waals surface area (Å²) in [6, 6.07) is 9.93. The molecule has 0 amide bonds.